The highest BCUT2D eigenvalue weighted by atomic mass is 16.6. The molecule has 8 heteroatoms. The van der Waals surface area contributed by atoms with E-state index in [9.17, 15) is 4.79 Å². The highest BCUT2D eigenvalue weighted by molar-refractivity contribution is 5.77. The summed E-state index contributed by atoms with van der Waals surface area (Å²) < 4.78 is 18.6. The summed E-state index contributed by atoms with van der Waals surface area (Å²) in [5.41, 5.74) is -0.225. The van der Waals surface area contributed by atoms with E-state index >= 15 is 0 Å². The largest absolute Gasteiger partial charge is 0.460 e. The van der Waals surface area contributed by atoms with Gasteiger partial charge in [0, 0.05) is 52.1 Å². The van der Waals surface area contributed by atoms with E-state index in [2.05, 4.69) is 15.2 Å². The minimum atomic E-state index is -0.571. The quantitative estimate of drug-likeness (QED) is 0.639. The molecular weight excluding hydrogens is 372 g/mol. The average molecular weight is 409 g/mol. The van der Waals surface area contributed by atoms with Gasteiger partial charge in [0.05, 0.1) is 17.7 Å². The highest BCUT2D eigenvalue weighted by Gasteiger charge is 2.43. The summed E-state index contributed by atoms with van der Waals surface area (Å²) in [5, 5.41) is 8.63. The molecule has 0 amide bonds. The third-order valence-electron chi connectivity index (χ3n) is 5.56. The molecule has 3 rings (SSSR count). The Hall–Kier alpha value is -1.51. The lowest BCUT2D eigenvalue weighted by atomic mass is 9.76. The van der Waals surface area contributed by atoms with E-state index in [1.165, 1.54) is 0 Å². The molecule has 2 aliphatic rings. The van der Waals surface area contributed by atoms with Crippen molar-refractivity contribution in [2.45, 2.75) is 65.0 Å². The topological polar surface area (TPSA) is 78.7 Å². The predicted octanol–water partition coefficient (Wildman–Crippen LogP) is 2.07. The van der Waals surface area contributed by atoms with Crippen molar-refractivity contribution < 1.29 is 19.0 Å². The Kier molecular flexibility index (Phi) is 7.65. The number of hydrogen-bond acceptors (Lipinski definition) is 7. The van der Waals surface area contributed by atoms with Crippen LogP contribution >= 0.6 is 0 Å². The Morgan fingerprint density at radius 3 is 2.66 bits per heavy atom. The van der Waals surface area contributed by atoms with Crippen molar-refractivity contribution in [2.75, 3.05) is 46.1 Å². The summed E-state index contributed by atoms with van der Waals surface area (Å²) in [5.74, 6) is -0.147. The van der Waals surface area contributed by atoms with Crippen LogP contribution in [0.15, 0.2) is 6.20 Å². The molecule has 3 heterocycles. The summed E-state index contributed by atoms with van der Waals surface area (Å²) in [6, 6.07) is 0. The monoisotopic (exact) mass is 408 g/mol. The summed E-state index contributed by atoms with van der Waals surface area (Å²) in [6.45, 7) is 12.5. The molecule has 0 N–H and O–H groups in total. The van der Waals surface area contributed by atoms with Gasteiger partial charge in [-0.15, -0.1) is 5.10 Å². The Morgan fingerprint density at radius 1 is 1.14 bits per heavy atom. The van der Waals surface area contributed by atoms with E-state index < -0.39 is 11.0 Å². The van der Waals surface area contributed by atoms with Crippen LogP contribution in [0.25, 0.3) is 0 Å². The molecule has 1 aromatic heterocycles. The van der Waals surface area contributed by atoms with Gasteiger partial charge >= 0.3 is 5.97 Å². The second-order valence-electron chi connectivity index (χ2n) is 9.21. The first-order valence-electron chi connectivity index (χ1n) is 10.9. The Balaban J connectivity index is 1.55. The lowest BCUT2D eigenvalue weighted by Crippen LogP contribution is -2.43. The number of esters is 1. The molecule has 0 radical (unpaired) electrons. The number of hydrogen-bond donors (Lipinski definition) is 0. The van der Waals surface area contributed by atoms with E-state index in [1.807, 2.05) is 31.6 Å². The SMILES string of the molecule is CC(C)(C)OC(=O)C1(Cc2cn(CCCN3CCCOCC3)nn2)CCOCC1. The lowest BCUT2D eigenvalue weighted by Gasteiger charge is -2.36. The van der Waals surface area contributed by atoms with Crippen LogP contribution in [0.2, 0.25) is 0 Å². The average Bonchev–Trinajstić information content (AvgIpc) is 2.94. The van der Waals surface area contributed by atoms with E-state index in [0.29, 0.717) is 32.5 Å². The molecule has 0 atom stereocenters. The minimum Gasteiger partial charge on any atom is -0.460 e. The molecule has 1 aromatic rings. The Labute approximate surface area is 173 Å². The number of nitrogens with zero attached hydrogens (tertiary/aromatic N) is 4. The Morgan fingerprint density at radius 2 is 1.90 bits per heavy atom. The van der Waals surface area contributed by atoms with E-state index in [1.54, 1.807) is 0 Å². The molecule has 2 saturated heterocycles. The number of ether oxygens (including phenoxy) is 3. The summed E-state index contributed by atoms with van der Waals surface area (Å²) in [4.78, 5) is 15.4. The lowest BCUT2D eigenvalue weighted by molar-refractivity contribution is -0.173. The van der Waals surface area contributed by atoms with Gasteiger partial charge in [-0.3, -0.25) is 9.48 Å². The molecule has 8 nitrogen and oxygen atoms in total. The van der Waals surface area contributed by atoms with Crippen LogP contribution in [0.3, 0.4) is 0 Å². The molecule has 164 valence electrons. The molecular formula is C21H36N4O4. The molecule has 2 fully saturated rings. The summed E-state index contributed by atoms with van der Waals surface area (Å²) in [7, 11) is 0. The van der Waals surface area contributed by atoms with Crippen molar-refractivity contribution in [1.29, 1.82) is 0 Å². The van der Waals surface area contributed by atoms with Gasteiger partial charge in [0.15, 0.2) is 0 Å². The van der Waals surface area contributed by atoms with E-state index in [4.69, 9.17) is 14.2 Å². The number of aryl methyl sites for hydroxylation is 1. The maximum absolute atomic E-state index is 13.0. The molecule has 0 aliphatic carbocycles. The minimum absolute atomic E-state index is 0.147. The first-order valence-corrected chi connectivity index (χ1v) is 10.9. The number of carbonyl (C=O) groups excluding carboxylic acids is 1. The van der Waals surface area contributed by atoms with Gasteiger partial charge in [0.2, 0.25) is 0 Å². The van der Waals surface area contributed by atoms with Crippen molar-refractivity contribution in [3.63, 3.8) is 0 Å². The first-order chi connectivity index (χ1) is 13.9. The van der Waals surface area contributed by atoms with Crippen LogP contribution in [-0.4, -0.2) is 77.5 Å². The second-order valence-corrected chi connectivity index (χ2v) is 9.21. The van der Waals surface area contributed by atoms with Gasteiger partial charge in [-0.25, -0.2) is 0 Å². The van der Waals surface area contributed by atoms with Crippen LogP contribution in [0.5, 0.6) is 0 Å². The normalized spacial score (nSPS) is 20.9. The van der Waals surface area contributed by atoms with Crippen molar-refractivity contribution in [3.05, 3.63) is 11.9 Å². The zero-order valence-electron chi connectivity index (χ0n) is 18.2. The van der Waals surface area contributed by atoms with E-state index in [-0.39, 0.29) is 5.97 Å². The molecule has 29 heavy (non-hydrogen) atoms. The zero-order valence-corrected chi connectivity index (χ0v) is 18.2. The van der Waals surface area contributed by atoms with Gasteiger partial charge in [-0.2, -0.15) is 0 Å². The second kappa shape index (κ2) is 10.00. The fourth-order valence-corrected chi connectivity index (χ4v) is 3.95. The van der Waals surface area contributed by atoms with Crippen molar-refractivity contribution in [3.8, 4) is 0 Å². The predicted molar refractivity (Wildman–Crippen MR) is 109 cm³/mol. The van der Waals surface area contributed by atoms with Crippen LogP contribution in [-0.2, 0) is 32.0 Å². The fourth-order valence-electron chi connectivity index (χ4n) is 3.95. The molecule has 0 saturated carbocycles. The maximum atomic E-state index is 13.0. The molecule has 0 bridgehead atoms. The number of rotatable bonds is 7. The smallest absolute Gasteiger partial charge is 0.313 e. The third kappa shape index (κ3) is 6.76. The Bertz CT molecular complexity index is 641. The van der Waals surface area contributed by atoms with Gasteiger partial charge in [-0.1, -0.05) is 5.21 Å². The fraction of sp³-hybridized carbons (Fsp3) is 0.857. The number of aromatic nitrogens is 3. The zero-order chi connectivity index (χ0) is 20.7. The van der Waals surface area contributed by atoms with Crippen LogP contribution in [0.1, 0.15) is 52.1 Å². The summed E-state index contributed by atoms with van der Waals surface area (Å²) >= 11 is 0. The first kappa shape index (κ1) is 22.2. The van der Waals surface area contributed by atoms with Crippen molar-refractivity contribution in [2.24, 2.45) is 5.41 Å². The third-order valence-corrected chi connectivity index (χ3v) is 5.56. The summed E-state index contributed by atoms with van der Waals surface area (Å²) in [6.07, 6.45) is 5.97. The van der Waals surface area contributed by atoms with E-state index in [0.717, 1.165) is 57.9 Å². The van der Waals surface area contributed by atoms with Crippen LogP contribution in [0, 0.1) is 5.41 Å². The molecule has 0 aromatic carbocycles. The van der Waals surface area contributed by atoms with Gasteiger partial charge in [0.25, 0.3) is 0 Å². The van der Waals surface area contributed by atoms with Gasteiger partial charge in [0.1, 0.15) is 5.60 Å². The van der Waals surface area contributed by atoms with Crippen molar-refractivity contribution in [1.82, 2.24) is 19.9 Å². The van der Waals surface area contributed by atoms with Gasteiger partial charge in [-0.05, 0) is 53.0 Å². The van der Waals surface area contributed by atoms with Crippen LogP contribution < -0.4 is 0 Å². The molecule has 0 spiro atoms. The maximum Gasteiger partial charge on any atom is 0.313 e. The number of carbonyl (C=O) groups is 1. The highest BCUT2D eigenvalue weighted by Crippen LogP contribution is 2.36. The van der Waals surface area contributed by atoms with Gasteiger partial charge < -0.3 is 19.1 Å². The van der Waals surface area contributed by atoms with Crippen LogP contribution in [0.4, 0.5) is 0 Å². The van der Waals surface area contributed by atoms with Crippen molar-refractivity contribution >= 4 is 5.97 Å². The standard InChI is InChI=1S/C21H36N4O4/c1-20(2,3)29-19(26)21(6-13-28-14-7-21)16-18-17-25(23-22-18)10-4-8-24-9-5-12-27-15-11-24/h17H,4-16H2,1-3H3. The molecule has 0 unspecified atom stereocenters. The molecule has 2 aliphatic heterocycles.